The van der Waals surface area contributed by atoms with E-state index in [-0.39, 0.29) is 0 Å². The summed E-state index contributed by atoms with van der Waals surface area (Å²) in [4.78, 5) is 12.0. The van der Waals surface area contributed by atoms with Crippen molar-refractivity contribution in [2.45, 2.75) is 13.3 Å². The van der Waals surface area contributed by atoms with Crippen LogP contribution in [0.4, 0.5) is 4.79 Å². The van der Waals surface area contributed by atoms with Crippen molar-refractivity contribution in [1.82, 2.24) is 9.62 Å². The minimum Gasteiger partial charge on any atom is -0.410 e. The summed E-state index contributed by atoms with van der Waals surface area (Å²) >= 11 is 2.67. The molecule has 0 aliphatic rings. The fourth-order valence-electron chi connectivity index (χ4n) is 1.53. The Morgan fingerprint density at radius 3 is 2.39 bits per heavy atom. The molecule has 0 saturated carbocycles. The standard InChI is InChI=1S/C14H16N2O4S3/c1-15-14(17)20-10-4-6-11(7-5-10)21-12-8-9-13(22-12)23(18,19)16(2)3/h4-9H,1-3H3,(H,15,17). The van der Waals surface area contributed by atoms with Crippen LogP contribution in [-0.2, 0) is 10.0 Å². The van der Waals surface area contributed by atoms with Gasteiger partial charge in [0.15, 0.2) is 0 Å². The molecule has 1 N–H and O–H groups in total. The summed E-state index contributed by atoms with van der Waals surface area (Å²) in [5.41, 5.74) is 0. The molecule has 0 atom stereocenters. The number of nitrogens with one attached hydrogen (secondary N) is 1. The summed E-state index contributed by atoms with van der Waals surface area (Å²) in [6, 6.07) is 10.4. The number of benzene rings is 1. The van der Waals surface area contributed by atoms with Gasteiger partial charge in [-0.2, -0.15) is 0 Å². The summed E-state index contributed by atoms with van der Waals surface area (Å²) < 4.78 is 31.5. The third-order valence-electron chi connectivity index (χ3n) is 2.75. The molecule has 0 bridgehead atoms. The van der Waals surface area contributed by atoms with E-state index in [1.54, 1.807) is 24.3 Å². The average Bonchev–Trinajstić information content (AvgIpc) is 2.98. The topological polar surface area (TPSA) is 75.7 Å². The van der Waals surface area contributed by atoms with E-state index >= 15 is 0 Å². The summed E-state index contributed by atoms with van der Waals surface area (Å²) in [5.74, 6) is 0.441. The lowest BCUT2D eigenvalue weighted by atomic mass is 10.3. The second kappa shape index (κ2) is 7.35. The SMILES string of the molecule is CNC(=O)Oc1ccc(Sc2ccc(S(=O)(=O)N(C)C)s2)cc1. The maximum absolute atomic E-state index is 12.0. The first kappa shape index (κ1) is 17.8. The summed E-state index contributed by atoms with van der Waals surface area (Å²) in [6.07, 6.45) is -0.526. The fraction of sp³-hybridized carbons (Fsp3) is 0.214. The molecule has 2 rings (SSSR count). The van der Waals surface area contributed by atoms with Gasteiger partial charge in [-0.1, -0.05) is 11.8 Å². The minimum atomic E-state index is -3.40. The maximum Gasteiger partial charge on any atom is 0.412 e. The highest BCUT2D eigenvalue weighted by Gasteiger charge is 2.19. The van der Waals surface area contributed by atoms with Gasteiger partial charge in [0.1, 0.15) is 9.96 Å². The molecule has 23 heavy (non-hydrogen) atoms. The highest BCUT2D eigenvalue weighted by Crippen LogP contribution is 2.36. The molecule has 0 unspecified atom stereocenters. The number of carbonyl (C=O) groups is 1. The van der Waals surface area contributed by atoms with Crippen LogP contribution in [0.5, 0.6) is 5.75 Å². The first-order chi connectivity index (χ1) is 10.8. The van der Waals surface area contributed by atoms with Crippen LogP contribution in [0.2, 0.25) is 0 Å². The van der Waals surface area contributed by atoms with E-state index < -0.39 is 16.1 Å². The lowest BCUT2D eigenvalue weighted by Gasteiger charge is -2.08. The molecule has 124 valence electrons. The molecule has 6 nitrogen and oxygen atoms in total. The first-order valence-electron chi connectivity index (χ1n) is 6.53. The smallest absolute Gasteiger partial charge is 0.410 e. The molecule has 0 saturated heterocycles. The molecule has 9 heteroatoms. The van der Waals surface area contributed by atoms with Gasteiger partial charge >= 0.3 is 6.09 Å². The van der Waals surface area contributed by atoms with Crippen LogP contribution in [0.15, 0.2) is 49.7 Å². The van der Waals surface area contributed by atoms with E-state index in [1.807, 2.05) is 12.1 Å². The number of ether oxygens (including phenoxy) is 1. The number of hydrogen-bond acceptors (Lipinski definition) is 6. The Hall–Kier alpha value is -1.55. The van der Waals surface area contributed by atoms with Crippen LogP contribution in [-0.4, -0.2) is 40.0 Å². The molecule has 1 aromatic heterocycles. The van der Waals surface area contributed by atoms with Crippen LogP contribution in [0.25, 0.3) is 0 Å². The highest BCUT2D eigenvalue weighted by molar-refractivity contribution is 8.01. The molecule has 1 heterocycles. The zero-order chi connectivity index (χ0) is 17.0. The Bertz CT molecular complexity index is 783. The number of rotatable bonds is 5. The van der Waals surface area contributed by atoms with E-state index in [0.717, 1.165) is 9.10 Å². The average molecular weight is 372 g/mol. The number of nitrogens with zero attached hydrogens (tertiary/aromatic N) is 1. The fourth-order valence-corrected chi connectivity index (χ4v) is 5.26. The molecule has 0 aliphatic heterocycles. The summed E-state index contributed by atoms with van der Waals surface area (Å²) in [5, 5.41) is 2.37. The van der Waals surface area contributed by atoms with Gasteiger partial charge in [-0.05, 0) is 36.4 Å². The predicted octanol–water partition coefficient (Wildman–Crippen LogP) is 2.87. The van der Waals surface area contributed by atoms with E-state index in [4.69, 9.17) is 4.74 Å². The third kappa shape index (κ3) is 4.47. The predicted molar refractivity (Wildman–Crippen MR) is 90.8 cm³/mol. The van der Waals surface area contributed by atoms with Crippen LogP contribution in [0.1, 0.15) is 0 Å². The van der Waals surface area contributed by atoms with Crippen molar-refractivity contribution in [1.29, 1.82) is 0 Å². The van der Waals surface area contributed by atoms with Crippen LogP contribution >= 0.6 is 23.1 Å². The molecular formula is C14H16N2O4S3. The molecule has 0 spiro atoms. The van der Waals surface area contributed by atoms with Crippen molar-refractivity contribution >= 4 is 39.2 Å². The largest absolute Gasteiger partial charge is 0.412 e. The van der Waals surface area contributed by atoms with E-state index in [9.17, 15) is 13.2 Å². The Balaban J connectivity index is 2.09. The number of thiophene rings is 1. The second-order valence-electron chi connectivity index (χ2n) is 4.57. The van der Waals surface area contributed by atoms with Gasteiger partial charge in [-0.25, -0.2) is 17.5 Å². The number of hydrogen-bond donors (Lipinski definition) is 1. The van der Waals surface area contributed by atoms with Crippen molar-refractivity contribution in [3.05, 3.63) is 36.4 Å². The molecule has 2 aromatic rings. The normalized spacial score (nSPS) is 11.5. The lowest BCUT2D eigenvalue weighted by Crippen LogP contribution is -2.21. The van der Waals surface area contributed by atoms with Crippen LogP contribution < -0.4 is 10.1 Å². The summed E-state index contributed by atoms with van der Waals surface area (Å²) in [7, 11) is 1.11. The van der Waals surface area contributed by atoms with Gasteiger partial charge in [0, 0.05) is 26.0 Å². The molecule has 0 fully saturated rings. The van der Waals surface area contributed by atoms with E-state index in [0.29, 0.717) is 9.96 Å². The van der Waals surface area contributed by atoms with E-state index in [1.165, 1.54) is 48.5 Å². The molecule has 1 aromatic carbocycles. The lowest BCUT2D eigenvalue weighted by molar-refractivity contribution is 0.203. The Morgan fingerprint density at radius 1 is 1.17 bits per heavy atom. The van der Waals surface area contributed by atoms with E-state index in [2.05, 4.69) is 5.32 Å². The molecule has 0 aliphatic carbocycles. The van der Waals surface area contributed by atoms with Gasteiger partial charge in [0.2, 0.25) is 0 Å². The first-order valence-corrected chi connectivity index (χ1v) is 9.60. The van der Waals surface area contributed by atoms with Crippen LogP contribution in [0.3, 0.4) is 0 Å². The number of amides is 1. The number of sulfonamides is 1. The van der Waals surface area contributed by atoms with Gasteiger partial charge in [0.05, 0.1) is 4.21 Å². The Morgan fingerprint density at radius 2 is 1.83 bits per heavy atom. The van der Waals surface area contributed by atoms with Gasteiger partial charge in [-0.3, -0.25) is 0 Å². The van der Waals surface area contributed by atoms with Crippen molar-refractivity contribution in [2.75, 3.05) is 21.1 Å². The highest BCUT2D eigenvalue weighted by atomic mass is 32.3. The van der Waals surface area contributed by atoms with Crippen molar-refractivity contribution in [3.63, 3.8) is 0 Å². The van der Waals surface area contributed by atoms with Gasteiger partial charge in [0.25, 0.3) is 10.0 Å². The molecular weight excluding hydrogens is 356 g/mol. The molecule has 0 radical (unpaired) electrons. The Kier molecular flexibility index (Phi) is 5.69. The zero-order valence-corrected chi connectivity index (χ0v) is 15.2. The van der Waals surface area contributed by atoms with Gasteiger partial charge in [-0.15, -0.1) is 11.3 Å². The molecule has 1 amide bonds. The monoisotopic (exact) mass is 372 g/mol. The second-order valence-corrected chi connectivity index (χ2v) is 9.41. The van der Waals surface area contributed by atoms with Crippen molar-refractivity contribution in [3.8, 4) is 5.75 Å². The van der Waals surface area contributed by atoms with Crippen molar-refractivity contribution in [2.24, 2.45) is 0 Å². The quantitative estimate of drug-likeness (QED) is 0.873. The third-order valence-corrected chi connectivity index (χ3v) is 7.26. The maximum atomic E-state index is 12.0. The van der Waals surface area contributed by atoms with Crippen molar-refractivity contribution < 1.29 is 17.9 Å². The Labute approximate surface area is 143 Å². The zero-order valence-electron chi connectivity index (χ0n) is 12.8. The van der Waals surface area contributed by atoms with Crippen LogP contribution in [0, 0.1) is 0 Å². The number of carbonyl (C=O) groups excluding carboxylic acids is 1. The minimum absolute atomic E-state index is 0.310. The van der Waals surface area contributed by atoms with Gasteiger partial charge < -0.3 is 10.1 Å². The summed E-state index contributed by atoms with van der Waals surface area (Å²) in [6.45, 7) is 0.